The maximum absolute atomic E-state index is 13.2. The predicted molar refractivity (Wildman–Crippen MR) is 117 cm³/mol. The molecule has 0 unspecified atom stereocenters. The first-order valence-corrected chi connectivity index (χ1v) is 10.1. The highest BCUT2D eigenvalue weighted by Gasteiger charge is 2.21. The number of nitrogens with one attached hydrogen (secondary N) is 1. The number of benzene rings is 1. The van der Waals surface area contributed by atoms with Gasteiger partial charge < -0.3 is 14.6 Å². The van der Waals surface area contributed by atoms with Crippen LogP contribution in [0.5, 0.6) is 0 Å². The van der Waals surface area contributed by atoms with E-state index in [9.17, 15) is 4.79 Å². The lowest BCUT2D eigenvalue weighted by Gasteiger charge is -2.17. The Morgan fingerprint density at radius 1 is 1.00 bits per heavy atom. The number of imidazole rings is 1. The summed E-state index contributed by atoms with van der Waals surface area (Å²) in [5.74, 6) is -0.0755. The first kappa shape index (κ1) is 19.8. The zero-order chi connectivity index (χ0) is 20.8. The summed E-state index contributed by atoms with van der Waals surface area (Å²) < 4.78 is 1.99. The van der Waals surface area contributed by atoms with Crippen molar-refractivity contribution >= 4 is 11.6 Å². The van der Waals surface area contributed by atoms with Crippen molar-refractivity contribution in [3.63, 3.8) is 0 Å². The van der Waals surface area contributed by atoms with E-state index in [1.54, 1.807) is 17.3 Å². The van der Waals surface area contributed by atoms with Crippen LogP contribution in [-0.2, 0) is 19.5 Å². The molecule has 6 nitrogen and oxygen atoms in total. The number of pyridine rings is 2. The van der Waals surface area contributed by atoms with Crippen molar-refractivity contribution in [2.45, 2.75) is 19.5 Å². The summed E-state index contributed by atoms with van der Waals surface area (Å²) in [6.07, 6.45) is 6.46. The second-order valence-corrected chi connectivity index (χ2v) is 7.26. The minimum Gasteiger partial charge on any atom is -0.336 e. The molecular formula is C24H25N5O. The lowest BCUT2D eigenvalue weighted by molar-refractivity contribution is 0.0778. The molecule has 0 spiro atoms. The van der Waals surface area contributed by atoms with E-state index in [4.69, 9.17) is 0 Å². The molecule has 1 N–H and O–H groups in total. The Labute approximate surface area is 176 Å². The van der Waals surface area contributed by atoms with Gasteiger partial charge in [-0.1, -0.05) is 36.4 Å². The molecule has 3 aromatic heterocycles. The fraction of sp³-hybridized carbons (Fsp3) is 0.208. The third kappa shape index (κ3) is 4.55. The van der Waals surface area contributed by atoms with Gasteiger partial charge in [0, 0.05) is 38.7 Å². The Morgan fingerprint density at radius 3 is 2.57 bits per heavy atom. The summed E-state index contributed by atoms with van der Waals surface area (Å²) in [7, 11) is 1.82. The van der Waals surface area contributed by atoms with Crippen molar-refractivity contribution in [3.05, 3.63) is 102 Å². The molecule has 0 saturated heterocycles. The molecule has 1 aromatic carbocycles. The maximum atomic E-state index is 13.2. The zero-order valence-corrected chi connectivity index (χ0v) is 17.0. The van der Waals surface area contributed by atoms with E-state index in [1.807, 2.05) is 78.3 Å². The number of fused-ring (bicyclic) bond motifs is 1. The van der Waals surface area contributed by atoms with Crippen molar-refractivity contribution < 1.29 is 4.79 Å². The molecule has 0 bridgehead atoms. The number of hydrogen-bond acceptors (Lipinski definition) is 4. The van der Waals surface area contributed by atoms with E-state index in [1.165, 1.54) is 5.56 Å². The van der Waals surface area contributed by atoms with Gasteiger partial charge in [-0.15, -0.1) is 0 Å². The molecule has 6 heteroatoms. The Hall–Kier alpha value is -3.51. The quantitative estimate of drug-likeness (QED) is 0.462. The van der Waals surface area contributed by atoms with Gasteiger partial charge in [-0.05, 0) is 48.4 Å². The summed E-state index contributed by atoms with van der Waals surface area (Å²) in [4.78, 5) is 23.6. The van der Waals surface area contributed by atoms with Crippen LogP contribution >= 0.6 is 0 Å². The maximum Gasteiger partial charge on any atom is 0.274 e. The number of carbonyl (C=O) groups is 1. The molecule has 30 heavy (non-hydrogen) atoms. The van der Waals surface area contributed by atoms with Gasteiger partial charge in [0.15, 0.2) is 5.69 Å². The average molecular weight is 399 g/mol. The highest BCUT2D eigenvalue weighted by molar-refractivity contribution is 5.94. The second-order valence-electron chi connectivity index (χ2n) is 7.26. The SMILES string of the molecule is CN(Cc1ccccc1)C(=O)c1nc2ccccn2c1CNCCc1ccncc1. The van der Waals surface area contributed by atoms with Crippen molar-refractivity contribution in [1.29, 1.82) is 0 Å². The number of hydrogen-bond donors (Lipinski definition) is 1. The second kappa shape index (κ2) is 9.33. The summed E-state index contributed by atoms with van der Waals surface area (Å²) in [5, 5.41) is 3.46. The topological polar surface area (TPSA) is 62.5 Å². The number of aromatic nitrogens is 3. The van der Waals surface area contributed by atoms with Crippen LogP contribution < -0.4 is 5.32 Å². The Balaban J connectivity index is 1.50. The number of nitrogens with zero attached hydrogens (tertiary/aromatic N) is 4. The highest BCUT2D eigenvalue weighted by Crippen LogP contribution is 2.16. The minimum atomic E-state index is -0.0755. The zero-order valence-electron chi connectivity index (χ0n) is 17.0. The predicted octanol–water partition coefficient (Wildman–Crippen LogP) is 3.33. The van der Waals surface area contributed by atoms with Crippen molar-refractivity contribution in [2.75, 3.05) is 13.6 Å². The van der Waals surface area contributed by atoms with Crippen molar-refractivity contribution in [3.8, 4) is 0 Å². The molecule has 1 amide bonds. The van der Waals surface area contributed by atoms with Crippen LogP contribution in [-0.4, -0.2) is 38.8 Å². The van der Waals surface area contributed by atoms with Crippen LogP contribution in [0, 0.1) is 0 Å². The van der Waals surface area contributed by atoms with E-state index in [0.29, 0.717) is 18.8 Å². The Bertz CT molecular complexity index is 1110. The largest absolute Gasteiger partial charge is 0.336 e. The van der Waals surface area contributed by atoms with Crippen LogP contribution in [0.4, 0.5) is 0 Å². The average Bonchev–Trinajstić information content (AvgIpc) is 3.16. The van der Waals surface area contributed by atoms with Gasteiger partial charge in [0.2, 0.25) is 0 Å². The van der Waals surface area contributed by atoms with Crippen molar-refractivity contribution in [1.82, 2.24) is 24.6 Å². The van der Waals surface area contributed by atoms with Gasteiger partial charge in [0.05, 0.1) is 5.69 Å². The van der Waals surface area contributed by atoms with E-state index >= 15 is 0 Å². The van der Waals surface area contributed by atoms with E-state index in [0.717, 1.165) is 29.9 Å². The Morgan fingerprint density at radius 2 is 1.77 bits per heavy atom. The normalized spacial score (nSPS) is 11.0. The monoisotopic (exact) mass is 399 g/mol. The fourth-order valence-corrected chi connectivity index (χ4v) is 3.49. The lowest BCUT2D eigenvalue weighted by Crippen LogP contribution is -2.28. The van der Waals surface area contributed by atoms with Crippen LogP contribution in [0.2, 0.25) is 0 Å². The molecule has 0 aliphatic rings. The molecule has 4 aromatic rings. The van der Waals surface area contributed by atoms with E-state index < -0.39 is 0 Å². The van der Waals surface area contributed by atoms with Gasteiger partial charge in [-0.2, -0.15) is 0 Å². The van der Waals surface area contributed by atoms with Gasteiger partial charge >= 0.3 is 0 Å². The molecule has 0 radical (unpaired) electrons. The smallest absolute Gasteiger partial charge is 0.274 e. The molecule has 0 fully saturated rings. The van der Waals surface area contributed by atoms with Crippen LogP contribution in [0.25, 0.3) is 5.65 Å². The van der Waals surface area contributed by atoms with E-state index in [-0.39, 0.29) is 5.91 Å². The van der Waals surface area contributed by atoms with Crippen LogP contribution in [0.1, 0.15) is 27.3 Å². The number of carbonyl (C=O) groups excluding carboxylic acids is 1. The Kier molecular flexibility index (Phi) is 6.15. The molecule has 0 aliphatic carbocycles. The van der Waals surface area contributed by atoms with Gasteiger partial charge in [0.1, 0.15) is 5.65 Å². The van der Waals surface area contributed by atoms with Gasteiger partial charge in [0.25, 0.3) is 5.91 Å². The molecule has 0 saturated carbocycles. The van der Waals surface area contributed by atoms with Gasteiger partial charge in [-0.25, -0.2) is 4.98 Å². The van der Waals surface area contributed by atoms with Gasteiger partial charge in [-0.3, -0.25) is 9.78 Å². The number of amides is 1. The standard InChI is InChI=1S/C24H25N5O/c1-28(18-20-7-3-2-4-8-20)24(30)23-21(29-16-6-5-9-22(29)27-23)17-26-15-12-19-10-13-25-14-11-19/h2-11,13-14,16,26H,12,15,17-18H2,1H3. The minimum absolute atomic E-state index is 0.0755. The molecular weight excluding hydrogens is 374 g/mol. The summed E-state index contributed by atoms with van der Waals surface area (Å²) in [6.45, 7) is 1.91. The number of rotatable bonds is 8. The molecule has 0 aliphatic heterocycles. The van der Waals surface area contributed by atoms with E-state index in [2.05, 4.69) is 15.3 Å². The fourth-order valence-electron chi connectivity index (χ4n) is 3.49. The van der Waals surface area contributed by atoms with Crippen LogP contribution in [0.3, 0.4) is 0 Å². The molecule has 3 heterocycles. The van der Waals surface area contributed by atoms with Crippen molar-refractivity contribution in [2.24, 2.45) is 0 Å². The third-order valence-corrected chi connectivity index (χ3v) is 5.07. The third-order valence-electron chi connectivity index (χ3n) is 5.07. The highest BCUT2D eigenvalue weighted by atomic mass is 16.2. The lowest BCUT2D eigenvalue weighted by atomic mass is 10.2. The first-order chi connectivity index (χ1) is 14.7. The molecule has 0 atom stereocenters. The summed E-state index contributed by atoms with van der Waals surface area (Å²) in [6, 6.07) is 19.8. The summed E-state index contributed by atoms with van der Waals surface area (Å²) in [5.41, 5.74) is 4.48. The first-order valence-electron chi connectivity index (χ1n) is 10.1. The molecule has 152 valence electrons. The summed E-state index contributed by atoms with van der Waals surface area (Å²) >= 11 is 0. The molecule has 4 rings (SSSR count). The van der Waals surface area contributed by atoms with Crippen LogP contribution in [0.15, 0.2) is 79.3 Å².